The van der Waals surface area contributed by atoms with Crippen LogP contribution >= 0.6 is 0 Å². The average Bonchev–Trinajstić information content (AvgIpc) is 2.37. The molecule has 1 saturated heterocycles. The van der Waals surface area contributed by atoms with E-state index in [9.17, 15) is 0 Å². The number of methoxy groups -OCH3 is 3. The topological polar surface area (TPSA) is 36.9 Å². The lowest BCUT2D eigenvalue weighted by Gasteiger charge is -2.45. The van der Waals surface area contributed by atoms with Gasteiger partial charge in [0.1, 0.15) is 6.10 Å². The second-order valence-corrected chi connectivity index (χ2v) is 4.55. The van der Waals surface area contributed by atoms with Crippen molar-refractivity contribution in [1.82, 2.24) is 0 Å². The predicted molar refractivity (Wildman–Crippen MR) is 66.2 cm³/mol. The maximum atomic E-state index is 6.04. The van der Waals surface area contributed by atoms with Crippen LogP contribution in [-0.2, 0) is 18.9 Å². The Morgan fingerprint density at radius 1 is 0.882 bits per heavy atom. The molecule has 17 heavy (non-hydrogen) atoms. The van der Waals surface area contributed by atoms with E-state index in [0.29, 0.717) is 12.5 Å². The maximum absolute atomic E-state index is 6.04. The quantitative estimate of drug-likeness (QED) is 0.717. The molecule has 0 aromatic carbocycles. The summed E-state index contributed by atoms with van der Waals surface area (Å²) in [6.45, 7) is 4.87. The van der Waals surface area contributed by atoms with Crippen molar-refractivity contribution in [1.29, 1.82) is 0 Å². The molecule has 4 nitrogen and oxygen atoms in total. The average molecular weight is 246 g/mol. The van der Waals surface area contributed by atoms with E-state index in [2.05, 4.69) is 13.8 Å². The molecule has 0 bridgehead atoms. The second-order valence-electron chi connectivity index (χ2n) is 4.55. The fraction of sp³-hybridized carbons (Fsp3) is 1.00. The van der Waals surface area contributed by atoms with Gasteiger partial charge in [-0.05, 0) is 12.8 Å². The first-order valence-electron chi connectivity index (χ1n) is 6.43. The first-order valence-corrected chi connectivity index (χ1v) is 6.43. The van der Waals surface area contributed by atoms with Crippen LogP contribution in [0.4, 0.5) is 0 Å². The van der Waals surface area contributed by atoms with E-state index in [4.69, 9.17) is 18.9 Å². The minimum Gasteiger partial charge on any atom is -0.382 e. The maximum Gasteiger partial charge on any atom is 0.108 e. The molecule has 4 heteroatoms. The lowest BCUT2D eigenvalue weighted by atomic mass is 9.83. The largest absolute Gasteiger partial charge is 0.382 e. The smallest absolute Gasteiger partial charge is 0.108 e. The van der Waals surface area contributed by atoms with E-state index in [1.807, 2.05) is 0 Å². The molecule has 0 aromatic rings. The molecule has 0 aromatic heterocycles. The Morgan fingerprint density at radius 3 is 1.88 bits per heavy atom. The molecule has 2 unspecified atom stereocenters. The summed E-state index contributed by atoms with van der Waals surface area (Å²) in [4.78, 5) is 0. The Balaban J connectivity index is 2.84. The van der Waals surface area contributed by atoms with Gasteiger partial charge in [-0.2, -0.15) is 0 Å². The summed E-state index contributed by atoms with van der Waals surface area (Å²) in [5, 5.41) is 0. The first kappa shape index (κ1) is 14.9. The summed E-state index contributed by atoms with van der Waals surface area (Å²) >= 11 is 0. The number of rotatable bonds is 6. The van der Waals surface area contributed by atoms with Gasteiger partial charge in [0.2, 0.25) is 0 Å². The van der Waals surface area contributed by atoms with Gasteiger partial charge in [0, 0.05) is 27.2 Å². The molecule has 102 valence electrons. The Hall–Kier alpha value is -0.160. The normalized spacial score (nSPS) is 38.3. The lowest BCUT2D eigenvalue weighted by molar-refractivity contribution is -0.225. The minimum absolute atomic E-state index is 0.00583. The van der Waals surface area contributed by atoms with Crippen molar-refractivity contribution in [3.63, 3.8) is 0 Å². The molecule has 5 atom stereocenters. The van der Waals surface area contributed by atoms with Crippen LogP contribution in [0.25, 0.3) is 0 Å². The van der Waals surface area contributed by atoms with Crippen LogP contribution in [0.1, 0.15) is 26.7 Å². The molecule has 0 radical (unpaired) electrons. The van der Waals surface area contributed by atoms with E-state index >= 15 is 0 Å². The van der Waals surface area contributed by atoms with Crippen LogP contribution in [0, 0.1) is 5.92 Å². The van der Waals surface area contributed by atoms with Crippen molar-refractivity contribution < 1.29 is 18.9 Å². The van der Waals surface area contributed by atoms with Crippen molar-refractivity contribution in [3.8, 4) is 0 Å². The summed E-state index contributed by atoms with van der Waals surface area (Å²) in [7, 11) is 5.18. The number of ether oxygens (including phenoxy) is 4. The SMILES string of the molecule is CC[C@@H]1C(OC)[C@@H](CC)OC(COC)[C@@H]1OC. The molecule has 1 aliphatic heterocycles. The van der Waals surface area contributed by atoms with Crippen molar-refractivity contribution in [3.05, 3.63) is 0 Å². The van der Waals surface area contributed by atoms with Crippen LogP contribution < -0.4 is 0 Å². The van der Waals surface area contributed by atoms with Gasteiger partial charge in [0.05, 0.1) is 24.9 Å². The summed E-state index contributed by atoms with van der Waals surface area (Å²) in [6.07, 6.45) is 2.28. The van der Waals surface area contributed by atoms with Crippen molar-refractivity contribution in [2.24, 2.45) is 5.92 Å². The van der Waals surface area contributed by atoms with Gasteiger partial charge < -0.3 is 18.9 Å². The zero-order valence-electron chi connectivity index (χ0n) is 11.6. The highest BCUT2D eigenvalue weighted by molar-refractivity contribution is 4.92. The molecule has 1 heterocycles. The Labute approximate surface area is 105 Å². The van der Waals surface area contributed by atoms with Gasteiger partial charge in [0.25, 0.3) is 0 Å². The van der Waals surface area contributed by atoms with Gasteiger partial charge in [-0.1, -0.05) is 13.8 Å². The zero-order chi connectivity index (χ0) is 12.8. The highest BCUT2D eigenvalue weighted by Crippen LogP contribution is 2.33. The molecular weight excluding hydrogens is 220 g/mol. The van der Waals surface area contributed by atoms with Crippen LogP contribution in [0.15, 0.2) is 0 Å². The van der Waals surface area contributed by atoms with Gasteiger partial charge in [-0.3, -0.25) is 0 Å². The molecule has 1 aliphatic rings. The molecule has 0 N–H and O–H groups in total. The Bertz CT molecular complexity index is 210. The molecule has 0 spiro atoms. The third-order valence-electron chi connectivity index (χ3n) is 3.68. The molecule has 0 aliphatic carbocycles. The third-order valence-corrected chi connectivity index (χ3v) is 3.68. The van der Waals surface area contributed by atoms with E-state index in [1.165, 1.54) is 0 Å². The van der Waals surface area contributed by atoms with E-state index in [-0.39, 0.29) is 24.4 Å². The summed E-state index contributed by atoms with van der Waals surface area (Å²) in [6, 6.07) is 0. The monoisotopic (exact) mass is 246 g/mol. The summed E-state index contributed by atoms with van der Waals surface area (Å²) in [5.41, 5.74) is 0. The number of hydrogen-bond acceptors (Lipinski definition) is 4. The predicted octanol–water partition coefficient (Wildman–Crippen LogP) is 1.87. The molecule has 1 fully saturated rings. The van der Waals surface area contributed by atoms with Crippen LogP contribution in [0.2, 0.25) is 0 Å². The standard InChI is InChI=1S/C13H26O4/c1-6-9-12(15-4)10(7-2)17-11(8-14-3)13(9)16-5/h9-13H,6-8H2,1-5H3/t9-,10-,11?,12?,13-/m1/s1. The summed E-state index contributed by atoms with van der Waals surface area (Å²) < 4.78 is 22.5. The Kier molecular flexibility index (Phi) is 6.41. The third kappa shape index (κ3) is 3.19. The van der Waals surface area contributed by atoms with Crippen LogP contribution in [0.3, 0.4) is 0 Å². The lowest BCUT2D eigenvalue weighted by Crippen LogP contribution is -2.56. The van der Waals surface area contributed by atoms with Gasteiger partial charge >= 0.3 is 0 Å². The highest BCUT2D eigenvalue weighted by Gasteiger charge is 2.44. The molecule has 1 rings (SSSR count). The van der Waals surface area contributed by atoms with Crippen molar-refractivity contribution in [2.45, 2.75) is 51.1 Å². The van der Waals surface area contributed by atoms with Gasteiger partial charge in [-0.15, -0.1) is 0 Å². The minimum atomic E-state index is 0.00583. The van der Waals surface area contributed by atoms with Gasteiger partial charge in [0.15, 0.2) is 0 Å². The second kappa shape index (κ2) is 7.31. The van der Waals surface area contributed by atoms with Crippen molar-refractivity contribution in [2.75, 3.05) is 27.9 Å². The number of hydrogen-bond donors (Lipinski definition) is 0. The molecule has 0 saturated carbocycles. The highest BCUT2D eigenvalue weighted by atomic mass is 16.6. The van der Waals surface area contributed by atoms with E-state index < -0.39 is 0 Å². The van der Waals surface area contributed by atoms with Gasteiger partial charge in [-0.25, -0.2) is 0 Å². The fourth-order valence-corrected chi connectivity index (χ4v) is 2.86. The van der Waals surface area contributed by atoms with E-state index in [1.54, 1.807) is 21.3 Å². The van der Waals surface area contributed by atoms with Crippen LogP contribution in [0.5, 0.6) is 0 Å². The molecular formula is C13H26O4. The van der Waals surface area contributed by atoms with Crippen molar-refractivity contribution >= 4 is 0 Å². The Morgan fingerprint density at radius 2 is 1.47 bits per heavy atom. The van der Waals surface area contributed by atoms with E-state index in [0.717, 1.165) is 12.8 Å². The molecule has 0 amide bonds. The fourth-order valence-electron chi connectivity index (χ4n) is 2.86. The zero-order valence-corrected chi connectivity index (χ0v) is 11.6. The first-order chi connectivity index (χ1) is 8.23. The summed E-state index contributed by atoms with van der Waals surface area (Å²) in [5.74, 6) is 0.365. The van der Waals surface area contributed by atoms with Crippen LogP contribution in [-0.4, -0.2) is 52.4 Å².